The average molecular weight is 283 g/mol. The molecule has 19 heavy (non-hydrogen) atoms. The fraction of sp³-hybridized carbons (Fsp3) is 0.462. The van der Waals surface area contributed by atoms with Gasteiger partial charge in [-0.05, 0) is 25.0 Å². The van der Waals surface area contributed by atoms with Gasteiger partial charge in [-0.1, -0.05) is 11.6 Å². The zero-order chi connectivity index (χ0) is 13.8. The summed E-state index contributed by atoms with van der Waals surface area (Å²) in [5, 5.41) is 13.7. The third-order valence-electron chi connectivity index (χ3n) is 3.28. The molecular formula is C13H17ClN3O2-. The Kier molecular flexibility index (Phi) is 4.50. The number of nitrogen functional groups attached to an aromatic ring is 1. The smallest absolute Gasteiger partial charge is 0.0705 e. The Morgan fingerprint density at radius 1 is 1.42 bits per heavy atom. The molecule has 6 heteroatoms. The molecule has 1 aliphatic heterocycles. The van der Waals surface area contributed by atoms with Gasteiger partial charge in [-0.3, -0.25) is 0 Å². The number of nitrogens with zero attached hydrogens (tertiary/aromatic N) is 1. The molecule has 0 aromatic heterocycles. The van der Waals surface area contributed by atoms with Gasteiger partial charge in [0.25, 0.3) is 0 Å². The number of carbonyl (C=O) groups excluding carboxylic acids is 1. The summed E-state index contributed by atoms with van der Waals surface area (Å²) in [6, 6.07) is 3.74. The number of hydrogen-bond acceptors (Lipinski definition) is 5. The summed E-state index contributed by atoms with van der Waals surface area (Å²) in [7, 11) is 0. The third-order valence-corrected chi connectivity index (χ3v) is 3.70. The third kappa shape index (κ3) is 3.30. The molecule has 0 amide bonds. The molecule has 5 nitrogen and oxygen atoms in total. The molecular weight excluding hydrogens is 266 g/mol. The summed E-state index contributed by atoms with van der Waals surface area (Å²) in [6.07, 6.45) is 2.33. The van der Waals surface area contributed by atoms with Crippen molar-refractivity contribution < 1.29 is 9.90 Å². The van der Waals surface area contributed by atoms with Crippen LogP contribution in [0.3, 0.4) is 0 Å². The largest absolute Gasteiger partial charge is 0.549 e. The Hall–Kier alpha value is -1.46. The van der Waals surface area contributed by atoms with Crippen molar-refractivity contribution in [3.05, 3.63) is 22.7 Å². The predicted octanol–water partition coefficient (Wildman–Crippen LogP) is 0.362. The number of rotatable bonds is 5. The number of anilines is 2. The molecule has 0 bridgehead atoms. The van der Waals surface area contributed by atoms with Crippen LogP contribution in [0.15, 0.2) is 12.1 Å². The fourth-order valence-corrected chi connectivity index (χ4v) is 2.65. The number of aliphatic carboxylic acids is 1. The van der Waals surface area contributed by atoms with E-state index in [0.717, 1.165) is 24.3 Å². The van der Waals surface area contributed by atoms with E-state index < -0.39 is 5.97 Å². The van der Waals surface area contributed by atoms with Crippen molar-refractivity contribution >= 4 is 28.9 Å². The minimum absolute atomic E-state index is 0.219. The number of carboxylic acids is 1. The minimum Gasteiger partial charge on any atom is -0.549 e. The van der Waals surface area contributed by atoms with Crippen LogP contribution < -0.4 is 21.1 Å². The Morgan fingerprint density at radius 3 is 2.74 bits per heavy atom. The molecule has 0 aliphatic carbocycles. The SMILES string of the molecule is Nc1ccc(N2CCCC2)c(Cl)c1CNCC(=O)[O-]. The molecule has 104 valence electrons. The first-order valence-electron chi connectivity index (χ1n) is 6.32. The molecule has 1 fully saturated rings. The van der Waals surface area contributed by atoms with Crippen LogP contribution in [0.4, 0.5) is 11.4 Å². The van der Waals surface area contributed by atoms with Crippen LogP contribution in [0.25, 0.3) is 0 Å². The predicted molar refractivity (Wildman–Crippen MR) is 74.0 cm³/mol. The van der Waals surface area contributed by atoms with Crippen molar-refractivity contribution in [1.82, 2.24) is 5.32 Å². The molecule has 0 atom stereocenters. The van der Waals surface area contributed by atoms with Crippen molar-refractivity contribution in [1.29, 1.82) is 0 Å². The Balaban J connectivity index is 2.16. The molecule has 0 unspecified atom stereocenters. The van der Waals surface area contributed by atoms with Gasteiger partial charge < -0.3 is 25.9 Å². The summed E-state index contributed by atoms with van der Waals surface area (Å²) in [5.41, 5.74) is 8.18. The molecule has 1 saturated heterocycles. The van der Waals surface area contributed by atoms with Crippen LogP contribution in [0.1, 0.15) is 18.4 Å². The van der Waals surface area contributed by atoms with Crippen LogP contribution in [0.2, 0.25) is 5.02 Å². The number of nitrogens with two attached hydrogens (primary N) is 1. The first-order valence-corrected chi connectivity index (χ1v) is 6.69. The summed E-state index contributed by atoms with van der Waals surface area (Å²) < 4.78 is 0. The number of benzene rings is 1. The van der Waals surface area contributed by atoms with E-state index in [2.05, 4.69) is 10.2 Å². The quantitative estimate of drug-likeness (QED) is 0.762. The van der Waals surface area contributed by atoms with Gasteiger partial charge in [0.2, 0.25) is 0 Å². The first kappa shape index (κ1) is 14.0. The Morgan fingerprint density at radius 2 is 2.11 bits per heavy atom. The van der Waals surface area contributed by atoms with Crippen LogP contribution in [-0.2, 0) is 11.3 Å². The number of halogens is 1. The second-order valence-corrected chi connectivity index (χ2v) is 5.01. The summed E-state index contributed by atoms with van der Waals surface area (Å²) in [5.74, 6) is -1.15. The Labute approximate surface area is 117 Å². The van der Waals surface area contributed by atoms with Crippen molar-refractivity contribution in [2.75, 3.05) is 30.3 Å². The normalized spacial score (nSPS) is 14.9. The van der Waals surface area contributed by atoms with E-state index in [1.807, 2.05) is 12.1 Å². The van der Waals surface area contributed by atoms with E-state index in [9.17, 15) is 9.90 Å². The van der Waals surface area contributed by atoms with Crippen molar-refractivity contribution in [2.45, 2.75) is 19.4 Å². The van der Waals surface area contributed by atoms with Crippen LogP contribution >= 0.6 is 11.6 Å². The summed E-state index contributed by atoms with van der Waals surface area (Å²) >= 11 is 6.38. The molecule has 1 aliphatic rings. The van der Waals surface area contributed by atoms with Gasteiger partial charge >= 0.3 is 0 Å². The van der Waals surface area contributed by atoms with Crippen LogP contribution in [0, 0.1) is 0 Å². The van der Waals surface area contributed by atoms with E-state index in [0.29, 0.717) is 17.3 Å². The van der Waals surface area contributed by atoms with Crippen molar-refractivity contribution in [2.24, 2.45) is 0 Å². The summed E-state index contributed by atoms with van der Waals surface area (Å²) in [4.78, 5) is 12.6. The van der Waals surface area contributed by atoms with Crippen LogP contribution in [0.5, 0.6) is 0 Å². The lowest BCUT2D eigenvalue weighted by atomic mass is 10.1. The number of carbonyl (C=O) groups is 1. The minimum atomic E-state index is -1.15. The zero-order valence-electron chi connectivity index (χ0n) is 10.6. The first-order chi connectivity index (χ1) is 9.09. The molecule has 0 spiro atoms. The lowest BCUT2D eigenvalue weighted by Gasteiger charge is -2.22. The second kappa shape index (κ2) is 6.12. The lowest BCUT2D eigenvalue weighted by Crippen LogP contribution is -2.34. The topological polar surface area (TPSA) is 81.4 Å². The average Bonchev–Trinajstić information content (AvgIpc) is 2.86. The van der Waals surface area contributed by atoms with Gasteiger partial charge in [0.1, 0.15) is 0 Å². The highest BCUT2D eigenvalue weighted by Crippen LogP contribution is 2.34. The van der Waals surface area contributed by atoms with Gasteiger partial charge in [-0.15, -0.1) is 0 Å². The molecule has 0 radical (unpaired) electrons. The van der Waals surface area contributed by atoms with E-state index in [1.54, 1.807) is 0 Å². The zero-order valence-corrected chi connectivity index (χ0v) is 11.4. The van der Waals surface area contributed by atoms with Gasteiger partial charge in [-0.2, -0.15) is 0 Å². The van der Waals surface area contributed by atoms with E-state index in [4.69, 9.17) is 17.3 Å². The standard InChI is InChI=1S/C13H18ClN3O2/c14-13-9(7-16-8-12(18)19)10(15)3-4-11(13)17-5-1-2-6-17/h3-4,16H,1-2,5-8,15H2,(H,18,19)/p-1. The highest BCUT2D eigenvalue weighted by atomic mass is 35.5. The van der Waals surface area contributed by atoms with Crippen molar-refractivity contribution in [3.8, 4) is 0 Å². The fourth-order valence-electron chi connectivity index (χ4n) is 2.30. The van der Waals surface area contributed by atoms with Gasteiger partial charge in [0.15, 0.2) is 0 Å². The number of nitrogens with one attached hydrogen (secondary N) is 1. The maximum atomic E-state index is 10.4. The maximum Gasteiger partial charge on any atom is 0.0705 e. The molecule has 3 N–H and O–H groups in total. The monoisotopic (exact) mass is 282 g/mol. The highest BCUT2D eigenvalue weighted by molar-refractivity contribution is 6.34. The maximum absolute atomic E-state index is 10.4. The van der Waals surface area contributed by atoms with Gasteiger partial charge in [-0.25, -0.2) is 0 Å². The van der Waals surface area contributed by atoms with Crippen molar-refractivity contribution in [3.63, 3.8) is 0 Å². The molecule has 1 aromatic rings. The lowest BCUT2D eigenvalue weighted by molar-refractivity contribution is -0.304. The van der Waals surface area contributed by atoms with E-state index >= 15 is 0 Å². The van der Waals surface area contributed by atoms with Gasteiger partial charge in [0, 0.05) is 37.4 Å². The summed E-state index contributed by atoms with van der Waals surface area (Å²) in [6.45, 7) is 2.09. The Bertz CT molecular complexity index is 473. The second-order valence-electron chi connectivity index (χ2n) is 4.64. The number of hydrogen-bond donors (Lipinski definition) is 2. The molecule has 2 rings (SSSR count). The van der Waals surface area contributed by atoms with E-state index in [1.165, 1.54) is 12.8 Å². The van der Waals surface area contributed by atoms with Crippen LogP contribution in [-0.4, -0.2) is 25.6 Å². The van der Waals surface area contributed by atoms with E-state index in [-0.39, 0.29) is 6.54 Å². The molecule has 1 heterocycles. The molecule has 0 saturated carbocycles. The molecule has 1 aromatic carbocycles. The van der Waals surface area contributed by atoms with Gasteiger partial charge in [0.05, 0.1) is 16.7 Å². The number of carboxylic acid groups (broad SMARTS) is 1. The highest BCUT2D eigenvalue weighted by Gasteiger charge is 2.18.